The standard InChI is InChI=1S/C19H27NO11/c1-10(21)20-14-7-8-19(27-6,18(25)26-5)31-16(14)17(30-13(4)24)15(29-12(3)23)9-28-11(2)22/h7-8,14-17H,9H2,1-6H3,(H,20,21)/t14-,15-,16-,17-,19+/m1/s1. The van der Waals surface area contributed by atoms with Crippen molar-refractivity contribution < 1.29 is 52.4 Å². The van der Waals surface area contributed by atoms with Crippen LogP contribution in [0.25, 0.3) is 0 Å². The fraction of sp³-hybridized carbons (Fsp3) is 0.632. The Hall–Kier alpha value is -2.99. The van der Waals surface area contributed by atoms with Crippen LogP contribution in [0, 0.1) is 0 Å². The third-order valence-corrected chi connectivity index (χ3v) is 4.09. The lowest BCUT2D eigenvalue weighted by Crippen LogP contribution is -2.62. The molecule has 0 radical (unpaired) electrons. The molecule has 0 aromatic heterocycles. The van der Waals surface area contributed by atoms with Gasteiger partial charge in [-0.1, -0.05) is 6.08 Å². The second kappa shape index (κ2) is 11.4. The molecule has 0 saturated carbocycles. The molecule has 174 valence electrons. The Labute approximate surface area is 179 Å². The van der Waals surface area contributed by atoms with Crippen LogP contribution in [0.5, 0.6) is 0 Å². The Bertz CT molecular complexity index is 734. The molecule has 1 N–H and O–H groups in total. The van der Waals surface area contributed by atoms with E-state index in [-0.39, 0.29) is 0 Å². The van der Waals surface area contributed by atoms with Crippen LogP contribution >= 0.6 is 0 Å². The maximum atomic E-state index is 12.3. The molecule has 12 nitrogen and oxygen atoms in total. The molecule has 1 heterocycles. The number of methoxy groups -OCH3 is 2. The summed E-state index contributed by atoms with van der Waals surface area (Å²) in [6, 6.07) is -0.940. The third-order valence-electron chi connectivity index (χ3n) is 4.09. The van der Waals surface area contributed by atoms with Crippen molar-refractivity contribution in [3.63, 3.8) is 0 Å². The molecule has 12 heteroatoms. The summed E-state index contributed by atoms with van der Waals surface area (Å²) >= 11 is 0. The number of amides is 1. The summed E-state index contributed by atoms with van der Waals surface area (Å²) in [5.74, 6) is -5.65. The number of nitrogens with one attached hydrogen (secondary N) is 1. The van der Waals surface area contributed by atoms with Gasteiger partial charge in [-0.15, -0.1) is 0 Å². The summed E-state index contributed by atoms with van der Waals surface area (Å²) in [5, 5.41) is 2.58. The van der Waals surface area contributed by atoms with E-state index in [9.17, 15) is 24.0 Å². The summed E-state index contributed by atoms with van der Waals surface area (Å²) in [5.41, 5.74) is 0. The predicted octanol–water partition coefficient (Wildman–Crippen LogP) is -0.612. The predicted molar refractivity (Wildman–Crippen MR) is 101 cm³/mol. The van der Waals surface area contributed by atoms with E-state index < -0.39 is 66.5 Å². The van der Waals surface area contributed by atoms with E-state index in [0.717, 1.165) is 27.9 Å². The first-order valence-corrected chi connectivity index (χ1v) is 9.21. The van der Waals surface area contributed by atoms with Crippen LogP contribution in [0.15, 0.2) is 12.2 Å². The molecule has 1 amide bonds. The minimum Gasteiger partial charge on any atom is -0.465 e. The molecule has 5 atom stereocenters. The van der Waals surface area contributed by atoms with E-state index in [4.69, 9.17) is 28.4 Å². The van der Waals surface area contributed by atoms with Crippen LogP contribution in [0.4, 0.5) is 0 Å². The van der Waals surface area contributed by atoms with Gasteiger partial charge in [0.25, 0.3) is 5.79 Å². The maximum Gasteiger partial charge on any atom is 0.371 e. The highest BCUT2D eigenvalue weighted by molar-refractivity contribution is 5.81. The first-order valence-electron chi connectivity index (χ1n) is 9.21. The van der Waals surface area contributed by atoms with Gasteiger partial charge in [-0.25, -0.2) is 4.79 Å². The quantitative estimate of drug-likeness (QED) is 0.275. The summed E-state index contributed by atoms with van der Waals surface area (Å²) in [6.07, 6.45) is -1.43. The molecule has 0 bridgehead atoms. The van der Waals surface area contributed by atoms with Gasteiger partial charge in [0.05, 0.1) is 13.2 Å². The topological polar surface area (TPSA) is 153 Å². The molecular weight excluding hydrogens is 418 g/mol. The number of esters is 4. The SMILES string of the molecule is COC(=O)[C@]1(OC)C=C[C@@H](NC(C)=O)[C@H]([C@H](OC(C)=O)[C@@H](COC(C)=O)OC(C)=O)O1. The molecule has 0 spiro atoms. The van der Waals surface area contributed by atoms with E-state index in [1.54, 1.807) is 0 Å². The minimum atomic E-state index is -2.03. The van der Waals surface area contributed by atoms with Crippen LogP contribution in [-0.4, -0.2) is 80.8 Å². The van der Waals surface area contributed by atoms with Crippen molar-refractivity contribution in [2.24, 2.45) is 0 Å². The largest absolute Gasteiger partial charge is 0.465 e. The van der Waals surface area contributed by atoms with Gasteiger partial charge >= 0.3 is 23.9 Å². The fourth-order valence-electron chi connectivity index (χ4n) is 2.90. The summed E-state index contributed by atoms with van der Waals surface area (Å²) in [7, 11) is 2.29. The molecule has 0 saturated heterocycles. The summed E-state index contributed by atoms with van der Waals surface area (Å²) in [6.45, 7) is 4.10. The van der Waals surface area contributed by atoms with Crippen molar-refractivity contribution in [1.29, 1.82) is 0 Å². The van der Waals surface area contributed by atoms with Crippen LogP contribution in [-0.2, 0) is 52.4 Å². The Balaban J connectivity index is 3.48. The third kappa shape index (κ3) is 7.33. The van der Waals surface area contributed by atoms with Gasteiger partial charge in [0.1, 0.15) is 12.7 Å². The maximum absolute atomic E-state index is 12.3. The van der Waals surface area contributed by atoms with Crippen molar-refractivity contribution in [3.05, 3.63) is 12.2 Å². The molecule has 0 aromatic rings. The number of rotatable bonds is 9. The van der Waals surface area contributed by atoms with Crippen LogP contribution in [0.3, 0.4) is 0 Å². The zero-order valence-corrected chi connectivity index (χ0v) is 18.2. The van der Waals surface area contributed by atoms with Crippen LogP contribution in [0.1, 0.15) is 27.7 Å². The van der Waals surface area contributed by atoms with E-state index >= 15 is 0 Å². The second-order valence-corrected chi connectivity index (χ2v) is 6.56. The van der Waals surface area contributed by atoms with E-state index in [1.165, 1.54) is 26.2 Å². The number of carbonyl (C=O) groups is 5. The van der Waals surface area contributed by atoms with Gasteiger partial charge in [0.15, 0.2) is 12.2 Å². The van der Waals surface area contributed by atoms with Gasteiger partial charge in [0.2, 0.25) is 5.91 Å². The van der Waals surface area contributed by atoms with Gasteiger partial charge < -0.3 is 33.7 Å². The Morgan fingerprint density at radius 3 is 2.06 bits per heavy atom. The Morgan fingerprint density at radius 1 is 1.00 bits per heavy atom. The van der Waals surface area contributed by atoms with Crippen LogP contribution < -0.4 is 5.32 Å². The molecule has 0 unspecified atom stereocenters. The highest BCUT2D eigenvalue weighted by atomic mass is 16.7. The molecular formula is C19H27NO11. The molecule has 0 fully saturated rings. The van der Waals surface area contributed by atoms with Gasteiger partial charge in [0, 0.05) is 34.8 Å². The minimum absolute atomic E-state index is 0.461. The molecule has 1 aliphatic rings. The highest BCUT2D eigenvalue weighted by Crippen LogP contribution is 2.30. The number of ether oxygens (including phenoxy) is 6. The molecule has 0 aliphatic carbocycles. The molecule has 1 aliphatic heterocycles. The molecule has 31 heavy (non-hydrogen) atoms. The fourth-order valence-corrected chi connectivity index (χ4v) is 2.90. The number of hydrogen-bond acceptors (Lipinski definition) is 11. The smallest absolute Gasteiger partial charge is 0.371 e. The van der Waals surface area contributed by atoms with Gasteiger partial charge in [-0.2, -0.15) is 0 Å². The first-order chi connectivity index (χ1) is 14.5. The zero-order chi connectivity index (χ0) is 23.8. The lowest BCUT2D eigenvalue weighted by atomic mass is 9.95. The summed E-state index contributed by atoms with van der Waals surface area (Å²) in [4.78, 5) is 58.8. The molecule has 0 aromatic carbocycles. The van der Waals surface area contributed by atoms with Gasteiger partial charge in [-0.05, 0) is 6.08 Å². The lowest BCUT2D eigenvalue weighted by Gasteiger charge is -2.42. The summed E-state index contributed by atoms with van der Waals surface area (Å²) < 4.78 is 31.2. The zero-order valence-electron chi connectivity index (χ0n) is 18.2. The average molecular weight is 445 g/mol. The van der Waals surface area contributed by atoms with Crippen molar-refractivity contribution in [2.45, 2.75) is 57.8 Å². The van der Waals surface area contributed by atoms with Crippen molar-refractivity contribution >= 4 is 29.8 Å². The van der Waals surface area contributed by atoms with Crippen LogP contribution in [0.2, 0.25) is 0 Å². The van der Waals surface area contributed by atoms with E-state index in [0.29, 0.717) is 0 Å². The number of hydrogen-bond donors (Lipinski definition) is 1. The lowest BCUT2D eigenvalue weighted by molar-refractivity contribution is -0.259. The van der Waals surface area contributed by atoms with E-state index in [1.807, 2.05) is 0 Å². The Morgan fingerprint density at radius 2 is 1.61 bits per heavy atom. The van der Waals surface area contributed by atoms with Crippen molar-refractivity contribution in [3.8, 4) is 0 Å². The Kier molecular flexibility index (Phi) is 9.59. The second-order valence-electron chi connectivity index (χ2n) is 6.56. The number of carbonyl (C=O) groups excluding carboxylic acids is 5. The first kappa shape index (κ1) is 26.0. The van der Waals surface area contributed by atoms with Crippen molar-refractivity contribution in [2.75, 3.05) is 20.8 Å². The van der Waals surface area contributed by atoms with Crippen molar-refractivity contribution in [1.82, 2.24) is 5.32 Å². The average Bonchev–Trinajstić information content (AvgIpc) is 2.68. The normalized spacial score (nSPS) is 24.3. The monoisotopic (exact) mass is 445 g/mol. The molecule has 1 rings (SSSR count). The van der Waals surface area contributed by atoms with E-state index in [2.05, 4.69) is 5.32 Å². The highest BCUT2D eigenvalue weighted by Gasteiger charge is 2.51. The van der Waals surface area contributed by atoms with Gasteiger partial charge in [-0.3, -0.25) is 19.2 Å².